The molecule has 1 aromatic heterocycles. The molecule has 6 nitrogen and oxygen atoms in total. The number of halogens is 1. The topological polar surface area (TPSA) is 67.3 Å². The minimum atomic E-state index is -0.231. The van der Waals surface area contributed by atoms with Crippen LogP contribution < -0.4 is 5.32 Å². The van der Waals surface area contributed by atoms with Gasteiger partial charge in [-0.2, -0.15) is 0 Å². The Hall–Kier alpha value is -1.56. The highest BCUT2D eigenvalue weighted by Gasteiger charge is 2.23. The Morgan fingerprint density at radius 2 is 2.26 bits per heavy atom. The summed E-state index contributed by atoms with van der Waals surface area (Å²) in [6, 6.07) is 1.98. The largest absolute Gasteiger partial charge is 0.450 e. The molecule has 1 amide bonds. The van der Waals surface area contributed by atoms with Crippen molar-refractivity contribution in [3.05, 3.63) is 17.5 Å². The van der Waals surface area contributed by atoms with Crippen molar-refractivity contribution in [3.8, 4) is 0 Å². The van der Waals surface area contributed by atoms with Crippen molar-refractivity contribution in [1.82, 2.24) is 14.9 Å². The van der Waals surface area contributed by atoms with Gasteiger partial charge in [0.25, 0.3) is 0 Å². The quantitative estimate of drug-likeness (QED) is 0.862. The summed E-state index contributed by atoms with van der Waals surface area (Å²) >= 11 is 5.80. The van der Waals surface area contributed by atoms with Gasteiger partial charge in [-0.1, -0.05) is 11.6 Å². The second-order valence-corrected chi connectivity index (χ2v) is 4.72. The molecular weight excluding hydrogens is 268 g/mol. The summed E-state index contributed by atoms with van der Waals surface area (Å²) in [5, 5.41) is 3.72. The molecule has 1 aliphatic heterocycles. The van der Waals surface area contributed by atoms with Gasteiger partial charge >= 0.3 is 6.09 Å². The number of carbonyl (C=O) groups excluding carboxylic acids is 1. The molecule has 0 unspecified atom stereocenters. The maximum Gasteiger partial charge on any atom is 0.409 e. The van der Waals surface area contributed by atoms with E-state index in [4.69, 9.17) is 16.3 Å². The van der Waals surface area contributed by atoms with Gasteiger partial charge in [0.15, 0.2) is 0 Å². The van der Waals surface area contributed by atoms with Gasteiger partial charge in [0.1, 0.15) is 17.3 Å². The number of rotatable bonds is 3. The lowest BCUT2D eigenvalue weighted by molar-refractivity contribution is 0.0983. The fraction of sp³-hybridized carbons (Fsp3) is 0.583. The zero-order valence-corrected chi connectivity index (χ0v) is 11.6. The molecule has 19 heavy (non-hydrogen) atoms. The molecule has 1 saturated heterocycles. The number of carbonyl (C=O) groups is 1. The Labute approximate surface area is 117 Å². The van der Waals surface area contributed by atoms with Crippen LogP contribution in [0.4, 0.5) is 10.6 Å². The summed E-state index contributed by atoms with van der Waals surface area (Å²) in [4.78, 5) is 21.2. The van der Waals surface area contributed by atoms with Crippen molar-refractivity contribution in [1.29, 1.82) is 0 Å². The van der Waals surface area contributed by atoms with E-state index in [-0.39, 0.29) is 12.1 Å². The second kappa shape index (κ2) is 6.56. The minimum absolute atomic E-state index is 0.231. The van der Waals surface area contributed by atoms with Gasteiger partial charge < -0.3 is 15.0 Å². The van der Waals surface area contributed by atoms with E-state index in [0.717, 1.165) is 18.7 Å². The molecule has 0 aliphatic carbocycles. The molecule has 0 aromatic carbocycles. The molecule has 0 atom stereocenters. The highest BCUT2D eigenvalue weighted by molar-refractivity contribution is 6.29. The number of piperidine rings is 1. The molecule has 0 radical (unpaired) electrons. The smallest absolute Gasteiger partial charge is 0.409 e. The summed E-state index contributed by atoms with van der Waals surface area (Å²) in [5.41, 5.74) is 0. The van der Waals surface area contributed by atoms with Crippen LogP contribution in [0.5, 0.6) is 0 Å². The summed E-state index contributed by atoms with van der Waals surface area (Å²) in [5.74, 6) is 0.717. The van der Waals surface area contributed by atoms with Crippen LogP contribution in [0.3, 0.4) is 0 Å². The van der Waals surface area contributed by atoms with E-state index in [2.05, 4.69) is 15.3 Å². The molecule has 0 saturated carbocycles. The van der Waals surface area contributed by atoms with E-state index in [1.165, 1.54) is 6.33 Å². The Morgan fingerprint density at radius 1 is 1.53 bits per heavy atom. The van der Waals surface area contributed by atoms with Gasteiger partial charge in [-0.3, -0.25) is 0 Å². The first kappa shape index (κ1) is 13.9. The number of likely N-dealkylation sites (tertiary alicyclic amines) is 1. The van der Waals surface area contributed by atoms with Crippen LogP contribution >= 0.6 is 11.6 Å². The van der Waals surface area contributed by atoms with Crippen molar-refractivity contribution in [2.45, 2.75) is 25.8 Å². The van der Waals surface area contributed by atoms with E-state index in [1.807, 2.05) is 6.92 Å². The van der Waals surface area contributed by atoms with E-state index in [0.29, 0.717) is 24.8 Å². The molecule has 2 heterocycles. The third-order valence-electron chi connectivity index (χ3n) is 3.01. The molecule has 7 heteroatoms. The molecule has 1 aromatic rings. The van der Waals surface area contributed by atoms with Crippen LogP contribution in [0, 0.1) is 0 Å². The molecule has 1 N–H and O–H groups in total. The summed E-state index contributed by atoms with van der Waals surface area (Å²) in [6.07, 6.45) is 2.92. The van der Waals surface area contributed by atoms with Gasteiger partial charge in [0.2, 0.25) is 0 Å². The zero-order valence-electron chi connectivity index (χ0n) is 10.8. The first-order valence-electron chi connectivity index (χ1n) is 6.35. The number of amides is 1. The number of hydrogen-bond acceptors (Lipinski definition) is 5. The summed E-state index contributed by atoms with van der Waals surface area (Å²) in [6.45, 7) is 3.60. The van der Waals surface area contributed by atoms with Gasteiger partial charge in [-0.05, 0) is 19.8 Å². The molecular formula is C12H17ClN4O2. The van der Waals surface area contributed by atoms with Crippen molar-refractivity contribution < 1.29 is 9.53 Å². The summed E-state index contributed by atoms with van der Waals surface area (Å²) in [7, 11) is 0. The predicted octanol–water partition coefficient (Wildman–Crippen LogP) is 2.16. The third kappa shape index (κ3) is 3.96. The number of anilines is 1. The first-order valence-corrected chi connectivity index (χ1v) is 6.72. The fourth-order valence-electron chi connectivity index (χ4n) is 2.04. The lowest BCUT2D eigenvalue weighted by atomic mass is 10.1. The van der Waals surface area contributed by atoms with Crippen molar-refractivity contribution >= 4 is 23.5 Å². The van der Waals surface area contributed by atoms with Gasteiger partial charge in [-0.15, -0.1) is 0 Å². The third-order valence-corrected chi connectivity index (χ3v) is 3.21. The van der Waals surface area contributed by atoms with E-state index in [1.54, 1.807) is 11.0 Å². The lowest BCUT2D eigenvalue weighted by Crippen LogP contribution is -2.42. The van der Waals surface area contributed by atoms with Gasteiger partial charge in [0, 0.05) is 25.2 Å². The van der Waals surface area contributed by atoms with E-state index >= 15 is 0 Å². The number of aromatic nitrogens is 2. The van der Waals surface area contributed by atoms with E-state index in [9.17, 15) is 4.79 Å². The maximum absolute atomic E-state index is 11.6. The van der Waals surface area contributed by atoms with Crippen LogP contribution in [0.2, 0.25) is 5.15 Å². The average Bonchev–Trinajstić information content (AvgIpc) is 2.40. The highest BCUT2D eigenvalue weighted by Crippen LogP contribution is 2.17. The fourth-order valence-corrected chi connectivity index (χ4v) is 2.19. The number of hydrogen-bond donors (Lipinski definition) is 1. The number of nitrogens with one attached hydrogen (secondary N) is 1. The predicted molar refractivity (Wildman–Crippen MR) is 72.3 cm³/mol. The Bertz CT molecular complexity index is 435. The Morgan fingerprint density at radius 3 is 2.89 bits per heavy atom. The molecule has 104 valence electrons. The van der Waals surface area contributed by atoms with Crippen molar-refractivity contribution in [2.24, 2.45) is 0 Å². The second-order valence-electron chi connectivity index (χ2n) is 4.33. The van der Waals surface area contributed by atoms with Crippen LogP contribution in [0.1, 0.15) is 19.8 Å². The van der Waals surface area contributed by atoms with Crippen LogP contribution in [-0.2, 0) is 4.74 Å². The molecule has 1 fully saturated rings. The summed E-state index contributed by atoms with van der Waals surface area (Å²) < 4.78 is 4.98. The molecule has 1 aliphatic rings. The standard InChI is InChI=1S/C12H17ClN4O2/c1-2-19-12(18)17-5-3-9(4-6-17)16-11-7-10(13)14-8-15-11/h7-9H,2-6H2,1H3,(H,14,15,16). The normalized spacial score (nSPS) is 16.2. The lowest BCUT2D eigenvalue weighted by Gasteiger charge is -2.31. The first-order chi connectivity index (χ1) is 9.19. The number of nitrogens with zero attached hydrogens (tertiary/aromatic N) is 3. The zero-order chi connectivity index (χ0) is 13.7. The minimum Gasteiger partial charge on any atom is -0.450 e. The molecule has 0 spiro atoms. The Kier molecular flexibility index (Phi) is 4.79. The van der Waals surface area contributed by atoms with Crippen LogP contribution in [0.25, 0.3) is 0 Å². The van der Waals surface area contributed by atoms with Crippen molar-refractivity contribution in [3.63, 3.8) is 0 Å². The molecule has 0 bridgehead atoms. The number of ether oxygens (including phenoxy) is 1. The van der Waals surface area contributed by atoms with Crippen LogP contribution in [-0.4, -0.2) is 46.7 Å². The Balaban J connectivity index is 1.82. The monoisotopic (exact) mass is 284 g/mol. The SMILES string of the molecule is CCOC(=O)N1CCC(Nc2cc(Cl)ncn2)CC1. The van der Waals surface area contributed by atoms with Gasteiger partial charge in [-0.25, -0.2) is 14.8 Å². The van der Waals surface area contributed by atoms with E-state index < -0.39 is 0 Å². The van der Waals surface area contributed by atoms with Crippen molar-refractivity contribution in [2.75, 3.05) is 25.0 Å². The average molecular weight is 285 g/mol. The molecule has 2 rings (SSSR count). The maximum atomic E-state index is 11.6. The highest BCUT2D eigenvalue weighted by atomic mass is 35.5. The van der Waals surface area contributed by atoms with Gasteiger partial charge in [0.05, 0.1) is 6.61 Å². The van der Waals surface area contributed by atoms with Crippen LogP contribution in [0.15, 0.2) is 12.4 Å².